The van der Waals surface area contributed by atoms with Gasteiger partial charge in [0.1, 0.15) is 0 Å². The Kier molecular flexibility index (Phi) is 4.74. The lowest BCUT2D eigenvalue weighted by atomic mass is 10.3. The van der Waals surface area contributed by atoms with Gasteiger partial charge in [0.2, 0.25) is 0 Å². The van der Waals surface area contributed by atoms with E-state index in [4.69, 9.17) is 5.11 Å². The Morgan fingerprint density at radius 1 is 1.67 bits per heavy atom. The number of carbonyl (C=O) groups excluding carboxylic acids is 1. The minimum atomic E-state index is -0.583. The number of hydrogen-bond donors (Lipinski definition) is 2. The van der Waals surface area contributed by atoms with E-state index < -0.39 is 6.10 Å². The van der Waals surface area contributed by atoms with Crippen molar-refractivity contribution in [3.63, 3.8) is 0 Å². The van der Waals surface area contributed by atoms with Crippen molar-refractivity contribution in [3.8, 4) is 0 Å². The van der Waals surface area contributed by atoms with Crippen LogP contribution in [-0.2, 0) is 0 Å². The van der Waals surface area contributed by atoms with Crippen LogP contribution < -0.4 is 0 Å². The van der Waals surface area contributed by atoms with Gasteiger partial charge < -0.3 is 15.1 Å². The number of nitrogens with zero attached hydrogens (tertiary/aromatic N) is 1. The summed E-state index contributed by atoms with van der Waals surface area (Å²) in [5.74, 6) is -0.139. The number of amides is 1. The SMILES string of the molecule is CC(O)CN(CCO)C(=O)c1cccs1. The Balaban J connectivity index is 2.67. The number of aliphatic hydroxyl groups excluding tert-OH is 2. The summed E-state index contributed by atoms with van der Waals surface area (Å²) in [7, 11) is 0. The standard InChI is InChI=1S/C10H15NO3S/c1-8(13)7-11(4-5-12)10(14)9-3-2-6-15-9/h2-3,6,8,12-13H,4-5,7H2,1H3. The molecule has 0 bridgehead atoms. The number of thiophene rings is 1. The Hall–Kier alpha value is -0.910. The summed E-state index contributed by atoms with van der Waals surface area (Å²) >= 11 is 1.36. The summed E-state index contributed by atoms with van der Waals surface area (Å²) in [6.45, 7) is 2.02. The van der Waals surface area contributed by atoms with Crippen LogP contribution in [0.25, 0.3) is 0 Å². The lowest BCUT2D eigenvalue weighted by Gasteiger charge is -2.22. The summed E-state index contributed by atoms with van der Waals surface area (Å²) in [5, 5.41) is 19.9. The van der Waals surface area contributed by atoms with Crippen molar-refractivity contribution in [3.05, 3.63) is 22.4 Å². The molecular formula is C10H15NO3S. The third-order valence-corrected chi connectivity index (χ3v) is 2.73. The molecule has 84 valence electrons. The van der Waals surface area contributed by atoms with Crippen molar-refractivity contribution in [2.24, 2.45) is 0 Å². The second-order valence-electron chi connectivity index (χ2n) is 3.30. The third kappa shape index (κ3) is 3.62. The van der Waals surface area contributed by atoms with E-state index in [1.165, 1.54) is 16.2 Å². The number of hydrogen-bond acceptors (Lipinski definition) is 4. The molecule has 1 heterocycles. The molecule has 0 fully saturated rings. The van der Waals surface area contributed by atoms with Gasteiger partial charge in [-0.1, -0.05) is 6.07 Å². The smallest absolute Gasteiger partial charge is 0.264 e. The normalized spacial score (nSPS) is 12.5. The maximum Gasteiger partial charge on any atom is 0.264 e. The molecule has 0 aliphatic carbocycles. The van der Waals surface area contributed by atoms with Gasteiger partial charge in [-0.3, -0.25) is 4.79 Å². The van der Waals surface area contributed by atoms with E-state index in [9.17, 15) is 9.90 Å². The highest BCUT2D eigenvalue weighted by Crippen LogP contribution is 2.12. The summed E-state index contributed by atoms with van der Waals surface area (Å²) in [6.07, 6.45) is -0.583. The third-order valence-electron chi connectivity index (χ3n) is 1.87. The first-order valence-corrected chi connectivity index (χ1v) is 5.65. The maximum absolute atomic E-state index is 11.8. The Morgan fingerprint density at radius 2 is 2.40 bits per heavy atom. The highest BCUT2D eigenvalue weighted by molar-refractivity contribution is 7.12. The molecule has 0 aromatic carbocycles. The fraction of sp³-hybridized carbons (Fsp3) is 0.500. The van der Waals surface area contributed by atoms with Crippen LogP contribution in [0.2, 0.25) is 0 Å². The summed E-state index contributed by atoms with van der Waals surface area (Å²) in [4.78, 5) is 13.9. The van der Waals surface area contributed by atoms with Gasteiger partial charge in [-0.2, -0.15) is 0 Å². The van der Waals surface area contributed by atoms with Crippen LogP contribution in [0, 0.1) is 0 Å². The topological polar surface area (TPSA) is 60.8 Å². The second kappa shape index (κ2) is 5.85. The number of aliphatic hydroxyl groups is 2. The molecule has 1 unspecified atom stereocenters. The second-order valence-corrected chi connectivity index (χ2v) is 4.25. The lowest BCUT2D eigenvalue weighted by molar-refractivity contribution is 0.0609. The van der Waals surface area contributed by atoms with Crippen molar-refractivity contribution in [2.45, 2.75) is 13.0 Å². The Labute approximate surface area is 92.8 Å². The highest BCUT2D eigenvalue weighted by Gasteiger charge is 2.17. The minimum Gasteiger partial charge on any atom is -0.395 e. The fourth-order valence-electron chi connectivity index (χ4n) is 1.27. The molecule has 0 aliphatic heterocycles. The average Bonchev–Trinajstić information content (AvgIpc) is 2.68. The van der Waals surface area contributed by atoms with Crippen LogP contribution in [0.15, 0.2) is 17.5 Å². The highest BCUT2D eigenvalue weighted by atomic mass is 32.1. The van der Waals surface area contributed by atoms with Gasteiger partial charge in [0.05, 0.1) is 17.6 Å². The van der Waals surface area contributed by atoms with Gasteiger partial charge in [-0.25, -0.2) is 0 Å². The molecule has 0 spiro atoms. The molecule has 0 saturated heterocycles. The first-order valence-electron chi connectivity index (χ1n) is 4.77. The molecule has 0 saturated carbocycles. The van der Waals surface area contributed by atoms with Crippen molar-refractivity contribution >= 4 is 17.2 Å². The number of carbonyl (C=O) groups is 1. The molecule has 0 aliphatic rings. The predicted octanol–water partition coefficient (Wildman–Crippen LogP) is 0.563. The van der Waals surface area contributed by atoms with Gasteiger partial charge >= 0.3 is 0 Å². The largest absolute Gasteiger partial charge is 0.395 e. The van der Waals surface area contributed by atoms with Crippen LogP contribution >= 0.6 is 11.3 Å². The monoisotopic (exact) mass is 229 g/mol. The van der Waals surface area contributed by atoms with E-state index in [0.29, 0.717) is 4.88 Å². The first kappa shape index (κ1) is 12.2. The zero-order valence-corrected chi connectivity index (χ0v) is 9.41. The van der Waals surface area contributed by atoms with Gasteiger partial charge in [0.15, 0.2) is 0 Å². The molecule has 4 nitrogen and oxygen atoms in total. The quantitative estimate of drug-likeness (QED) is 0.775. The molecule has 1 rings (SSSR count). The van der Waals surface area contributed by atoms with E-state index in [-0.39, 0.29) is 25.6 Å². The van der Waals surface area contributed by atoms with Crippen molar-refractivity contribution in [1.82, 2.24) is 4.90 Å². The minimum absolute atomic E-state index is 0.0934. The van der Waals surface area contributed by atoms with Gasteiger partial charge in [0, 0.05) is 13.1 Å². The first-order chi connectivity index (χ1) is 7.15. The molecule has 1 aromatic heterocycles. The summed E-state index contributed by atoms with van der Waals surface area (Å²) in [5.41, 5.74) is 0. The lowest BCUT2D eigenvalue weighted by Crippen LogP contribution is -2.38. The number of rotatable bonds is 5. The molecule has 0 radical (unpaired) electrons. The van der Waals surface area contributed by atoms with Crippen molar-refractivity contribution in [2.75, 3.05) is 19.7 Å². The van der Waals surface area contributed by atoms with Crippen LogP contribution in [0.5, 0.6) is 0 Å². The van der Waals surface area contributed by atoms with Gasteiger partial charge in [-0.15, -0.1) is 11.3 Å². The molecule has 1 aromatic rings. The maximum atomic E-state index is 11.8. The van der Waals surface area contributed by atoms with Crippen LogP contribution in [0.1, 0.15) is 16.6 Å². The van der Waals surface area contributed by atoms with Crippen molar-refractivity contribution in [1.29, 1.82) is 0 Å². The fourth-order valence-corrected chi connectivity index (χ4v) is 1.96. The Morgan fingerprint density at radius 3 is 2.87 bits per heavy atom. The molecule has 1 atom stereocenters. The zero-order chi connectivity index (χ0) is 11.3. The molecule has 5 heteroatoms. The van der Waals surface area contributed by atoms with E-state index in [2.05, 4.69) is 0 Å². The summed E-state index contributed by atoms with van der Waals surface area (Å²) < 4.78 is 0. The molecule has 15 heavy (non-hydrogen) atoms. The van der Waals surface area contributed by atoms with Gasteiger partial charge in [-0.05, 0) is 18.4 Å². The van der Waals surface area contributed by atoms with Crippen LogP contribution in [0.3, 0.4) is 0 Å². The molecule has 1 amide bonds. The molecule has 2 N–H and O–H groups in total. The molecular weight excluding hydrogens is 214 g/mol. The van der Waals surface area contributed by atoms with Gasteiger partial charge in [0.25, 0.3) is 5.91 Å². The average molecular weight is 229 g/mol. The van der Waals surface area contributed by atoms with Crippen molar-refractivity contribution < 1.29 is 15.0 Å². The Bertz CT molecular complexity index is 298. The summed E-state index contributed by atoms with van der Waals surface area (Å²) in [6, 6.07) is 3.54. The van der Waals surface area contributed by atoms with Crippen LogP contribution in [0.4, 0.5) is 0 Å². The predicted molar refractivity (Wildman–Crippen MR) is 59.0 cm³/mol. The van der Waals surface area contributed by atoms with E-state index in [1.807, 2.05) is 5.38 Å². The van der Waals surface area contributed by atoms with Crippen LogP contribution in [-0.4, -0.2) is 46.8 Å². The van der Waals surface area contributed by atoms with E-state index in [0.717, 1.165) is 0 Å². The van der Waals surface area contributed by atoms with E-state index >= 15 is 0 Å². The zero-order valence-electron chi connectivity index (χ0n) is 8.59. The van der Waals surface area contributed by atoms with E-state index in [1.54, 1.807) is 19.1 Å².